The second-order valence-corrected chi connectivity index (χ2v) is 6.42. The number of benzene rings is 1. The normalized spacial score (nSPS) is 26.2. The smallest absolute Gasteiger partial charge is 0.0954 e. The first-order chi connectivity index (χ1) is 9.70. The molecule has 1 N–H and O–H groups in total. The first-order valence-electron chi connectivity index (χ1n) is 7.81. The molecule has 0 bridgehead atoms. The fraction of sp³-hybridized carbons (Fsp3) is 0.647. The molecule has 0 aromatic heterocycles. The average Bonchev–Trinajstić information content (AvgIpc) is 2.50. The third-order valence-corrected chi connectivity index (χ3v) is 5.08. The monoisotopic (exact) mass is 274 g/mol. The molecule has 0 radical (unpaired) electrons. The summed E-state index contributed by atoms with van der Waals surface area (Å²) in [5, 5.41) is 3.46. The molecule has 1 atom stereocenters. The SMILES string of the molecule is CNC1(C)CCN(CC2OCCc3ccccc32)CC1. The minimum Gasteiger partial charge on any atom is -0.372 e. The Morgan fingerprint density at radius 1 is 1.30 bits per heavy atom. The molecule has 0 spiro atoms. The van der Waals surface area contributed by atoms with Crippen LogP contribution in [0.4, 0.5) is 0 Å². The second kappa shape index (κ2) is 5.84. The summed E-state index contributed by atoms with van der Waals surface area (Å²) >= 11 is 0. The lowest BCUT2D eigenvalue weighted by molar-refractivity contribution is 0.00610. The molecule has 3 nitrogen and oxygen atoms in total. The van der Waals surface area contributed by atoms with E-state index in [0.717, 1.165) is 19.6 Å². The molecule has 1 aromatic carbocycles. The van der Waals surface area contributed by atoms with Crippen molar-refractivity contribution in [3.8, 4) is 0 Å². The summed E-state index contributed by atoms with van der Waals surface area (Å²) in [5.74, 6) is 0. The van der Waals surface area contributed by atoms with Gasteiger partial charge in [0.15, 0.2) is 0 Å². The van der Waals surface area contributed by atoms with Crippen molar-refractivity contribution < 1.29 is 4.74 Å². The fourth-order valence-corrected chi connectivity index (χ4v) is 3.34. The molecule has 1 aromatic rings. The zero-order valence-corrected chi connectivity index (χ0v) is 12.7. The van der Waals surface area contributed by atoms with E-state index in [1.165, 1.54) is 37.1 Å². The Morgan fingerprint density at radius 2 is 2.05 bits per heavy atom. The van der Waals surface area contributed by atoms with Gasteiger partial charge >= 0.3 is 0 Å². The number of nitrogens with one attached hydrogen (secondary N) is 1. The third-order valence-electron chi connectivity index (χ3n) is 5.08. The van der Waals surface area contributed by atoms with Gasteiger partial charge in [0.2, 0.25) is 0 Å². The van der Waals surface area contributed by atoms with Crippen molar-refractivity contribution in [3.63, 3.8) is 0 Å². The molecule has 2 aliphatic rings. The van der Waals surface area contributed by atoms with Crippen LogP contribution in [-0.4, -0.2) is 43.7 Å². The van der Waals surface area contributed by atoms with Gasteiger partial charge in [0.1, 0.15) is 0 Å². The standard InChI is InChI=1S/C17H26N2O/c1-17(18-2)8-10-19(11-9-17)13-16-15-6-4-3-5-14(15)7-12-20-16/h3-6,16,18H,7-13H2,1-2H3. The lowest BCUT2D eigenvalue weighted by atomic mass is 9.89. The second-order valence-electron chi connectivity index (χ2n) is 6.42. The predicted octanol–water partition coefficient (Wildman–Crippen LogP) is 2.37. The van der Waals surface area contributed by atoms with Crippen LogP contribution in [0.5, 0.6) is 0 Å². The predicted molar refractivity (Wildman–Crippen MR) is 82.0 cm³/mol. The van der Waals surface area contributed by atoms with Crippen molar-refractivity contribution in [2.75, 3.05) is 33.3 Å². The number of nitrogens with zero attached hydrogens (tertiary/aromatic N) is 1. The van der Waals surface area contributed by atoms with E-state index >= 15 is 0 Å². The van der Waals surface area contributed by atoms with Crippen molar-refractivity contribution in [3.05, 3.63) is 35.4 Å². The summed E-state index contributed by atoms with van der Waals surface area (Å²) in [5.41, 5.74) is 3.20. The Hall–Kier alpha value is -0.900. The summed E-state index contributed by atoms with van der Waals surface area (Å²) in [4.78, 5) is 2.56. The molecule has 20 heavy (non-hydrogen) atoms. The first-order valence-corrected chi connectivity index (χ1v) is 7.81. The molecule has 0 amide bonds. The number of fused-ring (bicyclic) bond motifs is 1. The van der Waals surface area contributed by atoms with E-state index in [1.807, 2.05) is 0 Å². The zero-order chi connectivity index (χ0) is 14.0. The number of ether oxygens (including phenoxy) is 1. The summed E-state index contributed by atoms with van der Waals surface area (Å²) in [6.45, 7) is 6.57. The summed E-state index contributed by atoms with van der Waals surface area (Å²) in [6, 6.07) is 8.76. The highest BCUT2D eigenvalue weighted by Gasteiger charge is 2.30. The van der Waals surface area contributed by atoms with Crippen molar-refractivity contribution in [1.29, 1.82) is 0 Å². The van der Waals surface area contributed by atoms with Crippen LogP contribution in [0.15, 0.2) is 24.3 Å². The largest absolute Gasteiger partial charge is 0.372 e. The van der Waals surface area contributed by atoms with Crippen LogP contribution in [0.25, 0.3) is 0 Å². The molecule has 1 unspecified atom stereocenters. The van der Waals surface area contributed by atoms with Gasteiger partial charge in [-0.15, -0.1) is 0 Å². The van der Waals surface area contributed by atoms with Gasteiger partial charge in [-0.1, -0.05) is 24.3 Å². The van der Waals surface area contributed by atoms with E-state index in [4.69, 9.17) is 4.74 Å². The topological polar surface area (TPSA) is 24.5 Å². The Kier molecular flexibility index (Phi) is 4.11. The Morgan fingerprint density at radius 3 is 2.80 bits per heavy atom. The maximum Gasteiger partial charge on any atom is 0.0954 e. The average molecular weight is 274 g/mol. The Balaban J connectivity index is 1.63. The van der Waals surface area contributed by atoms with Gasteiger partial charge in [-0.25, -0.2) is 0 Å². The Labute approximate surface area is 122 Å². The van der Waals surface area contributed by atoms with Crippen molar-refractivity contribution in [2.45, 2.75) is 37.8 Å². The van der Waals surface area contributed by atoms with Crippen LogP contribution < -0.4 is 5.32 Å². The lowest BCUT2D eigenvalue weighted by Gasteiger charge is -2.41. The molecule has 2 heterocycles. The number of piperidine rings is 1. The highest BCUT2D eigenvalue weighted by Crippen LogP contribution is 2.29. The molecule has 1 saturated heterocycles. The van der Waals surface area contributed by atoms with Crippen molar-refractivity contribution in [2.24, 2.45) is 0 Å². The molecule has 3 heteroatoms. The van der Waals surface area contributed by atoms with E-state index in [0.29, 0.717) is 5.54 Å². The fourth-order valence-electron chi connectivity index (χ4n) is 3.34. The minimum absolute atomic E-state index is 0.263. The first kappa shape index (κ1) is 14.1. The van der Waals surface area contributed by atoms with Crippen LogP contribution in [0.3, 0.4) is 0 Å². The quantitative estimate of drug-likeness (QED) is 0.916. The number of hydrogen-bond donors (Lipinski definition) is 1. The molecule has 1 fully saturated rings. The van der Waals surface area contributed by atoms with Crippen molar-refractivity contribution in [1.82, 2.24) is 10.2 Å². The van der Waals surface area contributed by atoms with Crippen LogP contribution >= 0.6 is 0 Å². The molecule has 3 rings (SSSR count). The van der Waals surface area contributed by atoms with E-state index in [-0.39, 0.29) is 6.10 Å². The highest BCUT2D eigenvalue weighted by molar-refractivity contribution is 5.31. The lowest BCUT2D eigenvalue weighted by Crippen LogP contribution is -2.50. The van der Waals surface area contributed by atoms with Gasteiger partial charge in [0.25, 0.3) is 0 Å². The summed E-state index contributed by atoms with van der Waals surface area (Å²) in [7, 11) is 2.08. The van der Waals surface area contributed by atoms with Gasteiger partial charge in [-0.05, 0) is 57.5 Å². The van der Waals surface area contributed by atoms with Crippen LogP contribution in [-0.2, 0) is 11.2 Å². The molecular weight excluding hydrogens is 248 g/mol. The van der Waals surface area contributed by atoms with E-state index in [1.54, 1.807) is 0 Å². The van der Waals surface area contributed by atoms with Crippen molar-refractivity contribution >= 4 is 0 Å². The number of likely N-dealkylation sites (tertiary alicyclic amines) is 1. The minimum atomic E-state index is 0.263. The van der Waals surface area contributed by atoms with Crippen LogP contribution in [0.1, 0.15) is 37.0 Å². The van der Waals surface area contributed by atoms with Gasteiger partial charge < -0.3 is 15.0 Å². The molecular formula is C17H26N2O. The number of rotatable bonds is 3. The van der Waals surface area contributed by atoms with Crippen LogP contribution in [0.2, 0.25) is 0 Å². The zero-order valence-electron chi connectivity index (χ0n) is 12.7. The summed E-state index contributed by atoms with van der Waals surface area (Å²) in [6.07, 6.45) is 3.76. The third kappa shape index (κ3) is 2.90. The maximum atomic E-state index is 6.03. The van der Waals surface area contributed by atoms with E-state index in [2.05, 4.69) is 48.5 Å². The van der Waals surface area contributed by atoms with Crippen LogP contribution in [0, 0.1) is 0 Å². The van der Waals surface area contributed by atoms with Gasteiger partial charge in [-0.3, -0.25) is 0 Å². The highest BCUT2D eigenvalue weighted by atomic mass is 16.5. The Bertz CT molecular complexity index is 452. The maximum absolute atomic E-state index is 6.03. The molecule has 2 aliphatic heterocycles. The van der Waals surface area contributed by atoms with E-state index in [9.17, 15) is 0 Å². The van der Waals surface area contributed by atoms with E-state index < -0.39 is 0 Å². The van der Waals surface area contributed by atoms with Gasteiger partial charge in [0, 0.05) is 12.1 Å². The molecule has 0 aliphatic carbocycles. The number of hydrogen-bond acceptors (Lipinski definition) is 3. The summed E-state index contributed by atoms with van der Waals surface area (Å²) < 4.78 is 6.03. The molecule has 110 valence electrons. The van der Waals surface area contributed by atoms with Gasteiger partial charge in [-0.2, -0.15) is 0 Å². The molecule has 0 saturated carbocycles. The van der Waals surface area contributed by atoms with Gasteiger partial charge in [0.05, 0.1) is 12.7 Å².